The topological polar surface area (TPSA) is 109 Å². The number of hydrogen-bond acceptors (Lipinski definition) is 6. The molecule has 0 spiro atoms. The molecule has 8 nitrogen and oxygen atoms in total. The molecule has 1 saturated heterocycles. The average molecular weight is 509 g/mol. The third-order valence-electron chi connectivity index (χ3n) is 6.10. The Morgan fingerprint density at radius 2 is 1.03 bits per heavy atom. The first-order valence-corrected chi connectivity index (χ1v) is 13.5. The van der Waals surface area contributed by atoms with Crippen molar-refractivity contribution >= 4 is 53.5 Å². The Balaban J connectivity index is 1.69. The Morgan fingerprint density at radius 1 is 0.600 bits per heavy atom. The quantitative estimate of drug-likeness (QED) is 0.384. The Bertz CT molecular complexity index is 1750. The van der Waals surface area contributed by atoms with Crippen molar-refractivity contribution in [2.75, 3.05) is 0 Å². The molecule has 4 aromatic rings. The lowest BCUT2D eigenvalue weighted by atomic mass is 10.1. The molecule has 0 unspecified atom stereocenters. The van der Waals surface area contributed by atoms with Crippen molar-refractivity contribution < 1.29 is 26.4 Å². The van der Waals surface area contributed by atoms with Gasteiger partial charge in [0.2, 0.25) is 0 Å². The molecule has 0 radical (unpaired) electrons. The third-order valence-corrected chi connectivity index (χ3v) is 9.82. The van der Waals surface area contributed by atoms with Crippen LogP contribution < -0.4 is 0 Å². The van der Waals surface area contributed by atoms with Gasteiger partial charge >= 0.3 is 6.03 Å². The van der Waals surface area contributed by atoms with Gasteiger partial charge in [-0.2, -0.15) is 0 Å². The lowest BCUT2D eigenvalue weighted by Gasteiger charge is -2.27. The lowest BCUT2D eigenvalue weighted by molar-refractivity contribution is -0.127. The zero-order valence-corrected chi connectivity index (χ0v) is 20.4. The molecule has 178 valence electrons. The maximum Gasteiger partial charge on any atom is 0.356 e. The number of rotatable bonds is 4. The van der Waals surface area contributed by atoms with Crippen molar-refractivity contribution in [3.8, 4) is 0 Å². The molecule has 1 heterocycles. The summed E-state index contributed by atoms with van der Waals surface area (Å²) in [7, 11) is -9.34. The fourth-order valence-electron chi connectivity index (χ4n) is 4.40. The molecule has 4 aromatic carbocycles. The largest absolute Gasteiger partial charge is 0.356 e. The van der Waals surface area contributed by atoms with E-state index in [1.807, 2.05) is 0 Å². The van der Waals surface area contributed by atoms with E-state index in [0.717, 1.165) is 0 Å². The number of urea groups is 1. The Hall–Kier alpha value is -3.76. The van der Waals surface area contributed by atoms with Gasteiger partial charge in [-0.3, -0.25) is 4.79 Å². The SMILES string of the molecule is CC1(C)C(=O)N(S(=O)(=O)c2cccc3ccccc23)C(=O)N1S(=O)(=O)c1cccc2ccccc12. The molecule has 0 N–H and O–H groups in total. The molecule has 1 aliphatic rings. The van der Waals surface area contributed by atoms with Crippen LogP contribution in [-0.4, -0.2) is 42.9 Å². The van der Waals surface area contributed by atoms with E-state index in [-0.39, 0.29) is 14.1 Å². The number of benzene rings is 4. The second-order valence-electron chi connectivity index (χ2n) is 8.64. The van der Waals surface area contributed by atoms with Crippen LogP contribution in [0.2, 0.25) is 0 Å². The number of hydrogen-bond donors (Lipinski definition) is 0. The van der Waals surface area contributed by atoms with Crippen molar-refractivity contribution in [1.82, 2.24) is 8.61 Å². The zero-order chi connectivity index (χ0) is 25.2. The van der Waals surface area contributed by atoms with Crippen LogP contribution in [0.1, 0.15) is 13.8 Å². The summed E-state index contributed by atoms with van der Waals surface area (Å²) < 4.78 is 55.3. The first-order chi connectivity index (χ1) is 16.5. The first-order valence-electron chi connectivity index (χ1n) is 10.6. The Kier molecular flexibility index (Phi) is 5.01. The Morgan fingerprint density at radius 3 is 1.54 bits per heavy atom. The van der Waals surface area contributed by atoms with Gasteiger partial charge < -0.3 is 0 Å². The second kappa shape index (κ2) is 7.62. The molecule has 0 bridgehead atoms. The average Bonchev–Trinajstić information content (AvgIpc) is 3.02. The van der Waals surface area contributed by atoms with E-state index in [0.29, 0.717) is 25.9 Å². The predicted molar refractivity (Wildman–Crippen MR) is 130 cm³/mol. The molecular formula is C25H20N2O6S2. The summed E-state index contributed by atoms with van der Waals surface area (Å²) in [6.45, 7) is 2.43. The van der Waals surface area contributed by atoms with Crippen molar-refractivity contribution in [2.24, 2.45) is 0 Å². The van der Waals surface area contributed by atoms with Crippen LogP contribution in [0.15, 0.2) is 94.7 Å². The maximum atomic E-state index is 13.8. The van der Waals surface area contributed by atoms with Gasteiger partial charge in [0.05, 0.1) is 9.79 Å². The van der Waals surface area contributed by atoms with E-state index < -0.39 is 37.5 Å². The normalized spacial score (nSPS) is 16.4. The van der Waals surface area contributed by atoms with Crippen molar-refractivity contribution in [3.63, 3.8) is 0 Å². The van der Waals surface area contributed by atoms with E-state index in [1.54, 1.807) is 60.7 Å². The molecule has 10 heteroatoms. The van der Waals surface area contributed by atoms with Gasteiger partial charge in [-0.05, 0) is 36.8 Å². The Labute approximate surface area is 202 Å². The van der Waals surface area contributed by atoms with Crippen LogP contribution in [0.25, 0.3) is 21.5 Å². The minimum absolute atomic E-state index is 0.0669. The van der Waals surface area contributed by atoms with Gasteiger partial charge in [-0.15, -0.1) is 4.31 Å². The summed E-state index contributed by atoms with van der Waals surface area (Å²) in [6.07, 6.45) is 0. The first kappa shape index (κ1) is 23.0. The number of nitrogens with zero attached hydrogens (tertiary/aromatic N) is 2. The summed E-state index contributed by atoms with van der Waals surface area (Å²) >= 11 is 0. The van der Waals surface area contributed by atoms with Crippen molar-refractivity contribution in [1.29, 1.82) is 0 Å². The monoisotopic (exact) mass is 508 g/mol. The highest BCUT2D eigenvalue weighted by molar-refractivity contribution is 7.92. The fraction of sp³-hybridized carbons (Fsp3) is 0.120. The molecule has 0 aromatic heterocycles. The highest BCUT2D eigenvalue weighted by Gasteiger charge is 2.61. The van der Waals surface area contributed by atoms with Gasteiger partial charge in [-0.25, -0.2) is 25.9 Å². The summed E-state index contributed by atoms with van der Waals surface area (Å²) in [5.74, 6) is -1.15. The minimum Gasteiger partial charge on any atom is -0.270 e. The lowest BCUT2D eigenvalue weighted by Crippen LogP contribution is -2.47. The van der Waals surface area contributed by atoms with Crippen LogP contribution in [0.5, 0.6) is 0 Å². The summed E-state index contributed by atoms with van der Waals surface area (Å²) in [6, 6.07) is 20.9. The molecule has 35 heavy (non-hydrogen) atoms. The van der Waals surface area contributed by atoms with E-state index in [4.69, 9.17) is 0 Å². The van der Waals surface area contributed by atoms with Crippen molar-refractivity contribution in [3.05, 3.63) is 84.9 Å². The summed E-state index contributed by atoms with van der Waals surface area (Å²) in [5, 5.41) is 1.86. The number of carbonyl (C=O) groups is 2. The molecule has 0 saturated carbocycles. The molecule has 0 atom stereocenters. The predicted octanol–water partition coefficient (Wildman–Crippen LogP) is 4.11. The molecule has 5 rings (SSSR count). The van der Waals surface area contributed by atoms with Crippen molar-refractivity contribution in [2.45, 2.75) is 29.2 Å². The molecule has 1 fully saturated rings. The van der Waals surface area contributed by atoms with Gasteiger partial charge in [0.15, 0.2) is 0 Å². The summed E-state index contributed by atoms with van der Waals surface area (Å²) in [5.41, 5.74) is -1.98. The summed E-state index contributed by atoms with van der Waals surface area (Å²) in [4.78, 5) is 26.4. The third kappa shape index (κ3) is 3.24. The van der Waals surface area contributed by atoms with Gasteiger partial charge in [-0.1, -0.05) is 72.8 Å². The van der Waals surface area contributed by atoms with E-state index >= 15 is 0 Å². The van der Waals surface area contributed by atoms with E-state index in [1.165, 1.54) is 38.1 Å². The standard InChI is InChI=1S/C25H20N2O6S2/c1-25(2)23(28)26(34(30,31)21-15-7-11-17-9-3-5-13-19(17)21)24(29)27(25)35(32,33)22-16-8-12-18-10-4-6-14-20(18)22/h3-16H,1-2H3. The number of carbonyl (C=O) groups excluding carboxylic acids is 2. The maximum absolute atomic E-state index is 13.8. The highest BCUT2D eigenvalue weighted by atomic mass is 32.2. The second-order valence-corrected chi connectivity index (χ2v) is 12.2. The van der Waals surface area contributed by atoms with Crippen LogP contribution in [-0.2, 0) is 24.8 Å². The van der Waals surface area contributed by atoms with E-state index in [2.05, 4.69) is 0 Å². The van der Waals surface area contributed by atoms with E-state index in [9.17, 15) is 26.4 Å². The van der Waals surface area contributed by atoms with Crippen LogP contribution >= 0.6 is 0 Å². The zero-order valence-electron chi connectivity index (χ0n) is 18.7. The molecule has 3 amide bonds. The fourth-order valence-corrected chi connectivity index (χ4v) is 7.97. The number of amides is 3. The van der Waals surface area contributed by atoms with Gasteiger partial charge in [0.25, 0.3) is 26.0 Å². The number of sulfonamides is 2. The minimum atomic E-state index is -4.72. The number of imide groups is 1. The van der Waals surface area contributed by atoms with Crippen LogP contribution in [0.4, 0.5) is 4.79 Å². The molecule has 0 aliphatic carbocycles. The number of fused-ring (bicyclic) bond motifs is 2. The van der Waals surface area contributed by atoms with Gasteiger partial charge in [0.1, 0.15) is 5.54 Å². The molecule has 1 aliphatic heterocycles. The highest BCUT2D eigenvalue weighted by Crippen LogP contribution is 2.39. The van der Waals surface area contributed by atoms with Crippen LogP contribution in [0.3, 0.4) is 0 Å². The molecular weight excluding hydrogens is 488 g/mol. The van der Waals surface area contributed by atoms with Gasteiger partial charge in [0, 0.05) is 10.8 Å². The van der Waals surface area contributed by atoms with Crippen LogP contribution in [0, 0.1) is 0 Å². The smallest absolute Gasteiger partial charge is 0.270 e.